The number of anilines is 1. The number of nitrogens with zero attached hydrogens (tertiary/aromatic N) is 1. The van der Waals surface area contributed by atoms with Gasteiger partial charge in [0.2, 0.25) is 0 Å². The highest BCUT2D eigenvalue weighted by Crippen LogP contribution is 2.16. The van der Waals surface area contributed by atoms with E-state index in [4.69, 9.17) is 4.74 Å². The lowest BCUT2D eigenvalue weighted by molar-refractivity contribution is 0.331. The van der Waals surface area contributed by atoms with Gasteiger partial charge in [0.05, 0.1) is 6.20 Å². The Kier molecular flexibility index (Phi) is 5.01. The molecule has 0 aliphatic heterocycles. The summed E-state index contributed by atoms with van der Waals surface area (Å²) in [6.07, 6.45) is 3.43. The van der Waals surface area contributed by atoms with E-state index in [2.05, 4.69) is 42.2 Å². The molecular formula is C13H12Br2N2O. The summed E-state index contributed by atoms with van der Waals surface area (Å²) in [6.45, 7) is 1.34. The summed E-state index contributed by atoms with van der Waals surface area (Å²) in [5, 5.41) is 3.28. The van der Waals surface area contributed by atoms with Gasteiger partial charge in [0.1, 0.15) is 12.4 Å². The summed E-state index contributed by atoms with van der Waals surface area (Å²) >= 11 is 6.75. The van der Waals surface area contributed by atoms with Gasteiger partial charge in [-0.1, -0.05) is 15.9 Å². The molecule has 0 saturated carbocycles. The van der Waals surface area contributed by atoms with Crippen LogP contribution in [0.15, 0.2) is 51.7 Å². The molecule has 1 aromatic heterocycles. The third kappa shape index (κ3) is 4.31. The fourth-order valence-corrected chi connectivity index (χ4v) is 2.01. The van der Waals surface area contributed by atoms with Gasteiger partial charge < -0.3 is 10.1 Å². The van der Waals surface area contributed by atoms with E-state index in [1.54, 1.807) is 12.4 Å². The number of pyridine rings is 1. The molecule has 2 aromatic rings. The molecule has 0 bridgehead atoms. The van der Waals surface area contributed by atoms with E-state index in [0.29, 0.717) is 6.61 Å². The first-order valence-corrected chi connectivity index (χ1v) is 7.05. The lowest BCUT2D eigenvalue weighted by atomic mass is 10.3. The van der Waals surface area contributed by atoms with Crippen LogP contribution in [0.5, 0.6) is 5.75 Å². The number of hydrogen-bond donors (Lipinski definition) is 1. The SMILES string of the molecule is Brc1ccc(NCCOc2cncc(Br)c2)cc1. The summed E-state index contributed by atoms with van der Waals surface area (Å²) in [7, 11) is 0. The molecule has 0 saturated heterocycles. The normalized spacial score (nSPS) is 10.1. The van der Waals surface area contributed by atoms with Gasteiger partial charge in [-0.2, -0.15) is 0 Å². The Hall–Kier alpha value is -1.07. The zero-order chi connectivity index (χ0) is 12.8. The van der Waals surface area contributed by atoms with Crippen LogP contribution in [-0.2, 0) is 0 Å². The van der Waals surface area contributed by atoms with Crippen LogP contribution in [0.2, 0.25) is 0 Å². The Balaban J connectivity index is 1.74. The highest BCUT2D eigenvalue weighted by atomic mass is 79.9. The van der Waals surface area contributed by atoms with Crippen LogP contribution in [0.25, 0.3) is 0 Å². The standard InChI is InChI=1S/C13H12Br2N2O/c14-10-1-3-12(4-2-10)17-5-6-18-13-7-11(15)8-16-9-13/h1-4,7-9,17H,5-6H2. The van der Waals surface area contributed by atoms with Gasteiger partial charge in [-0.3, -0.25) is 4.98 Å². The van der Waals surface area contributed by atoms with Crippen LogP contribution in [0.4, 0.5) is 5.69 Å². The van der Waals surface area contributed by atoms with Crippen LogP contribution >= 0.6 is 31.9 Å². The first-order valence-electron chi connectivity index (χ1n) is 5.47. The van der Waals surface area contributed by atoms with E-state index >= 15 is 0 Å². The van der Waals surface area contributed by atoms with E-state index in [1.807, 2.05) is 30.3 Å². The molecule has 0 aliphatic carbocycles. The van der Waals surface area contributed by atoms with E-state index in [0.717, 1.165) is 26.9 Å². The lowest BCUT2D eigenvalue weighted by Crippen LogP contribution is -2.11. The van der Waals surface area contributed by atoms with Crippen LogP contribution in [0, 0.1) is 0 Å². The highest BCUT2D eigenvalue weighted by Gasteiger charge is 1.96. The van der Waals surface area contributed by atoms with E-state index in [9.17, 15) is 0 Å². The summed E-state index contributed by atoms with van der Waals surface area (Å²) in [6, 6.07) is 9.94. The maximum Gasteiger partial charge on any atom is 0.138 e. The molecule has 1 aromatic carbocycles. The average Bonchev–Trinajstić information content (AvgIpc) is 2.37. The molecule has 0 unspecified atom stereocenters. The molecule has 1 N–H and O–H groups in total. The second-order valence-corrected chi connectivity index (χ2v) is 5.45. The Morgan fingerprint density at radius 3 is 2.56 bits per heavy atom. The molecule has 0 aliphatic rings. The van der Waals surface area contributed by atoms with Gasteiger partial charge in [0.15, 0.2) is 0 Å². The van der Waals surface area contributed by atoms with E-state index < -0.39 is 0 Å². The molecule has 94 valence electrons. The highest BCUT2D eigenvalue weighted by molar-refractivity contribution is 9.10. The third-order valence-corrected chi connectivity index (χ3v) is 3.19. The summed E-state index contributed by atoms with van der Waals surface area (Å²) in [5.41, 5.74) is 1.08. The van der Waals surface area contributed by atoms with Gasteiger partial charge in [0, 0.05) is 27.4 Å². The number of rotatable bonds is 5. The molecular weight excluding hydrogens is 360 g/mol. The molecule has 0 atom stereocenters. The topological polar surface area (TPSA) is 34.1 Å². The van der Waals surface area contributed by atoms with Gasteiger partial charge in [0.25, 0.3) is 0 Å². The Bertz CT molecular complexity index is 503. The van der Waals surface area contributed by atoms with Crippen molar-refractivity contribution in [3.63, 3.8) is 0 Å². The van der Waals surface area contributed by atoms with Gasteiger partial charge in [-0.05, 0) is 46.3 Å². The first-order chi connectivity index (χ1) is 8.74. The maximum absolute atomic E-state index is 5.57. The molecule has 1 heterocycles. The van der Waals surface area contributed by atoms with Crippen molar-refractivity contribution in [1.82, 2.24) is 4.98 Å². The van der Waals surface area contributed by atoms with Crippen LogP contribution in [-0.4, -0.2) is 18.1 Å². The van der Waals surface area contributed by atoms with Crippen LogP contribution in [0.3, 0.4) is 0 Å². The number of aromatic nitrogens is 1. The van der Waals surface area contributed by atoms with Gasteiger partial charge in [-0.25, -0.2) is 0 Å². The van der Waals surface area contributed by atoms with E-state index in [-0.39, 0.29) is 0 Å². The van der Waals surface area contributed by atoms with Crippen LogP contribution < -0.4 is 10.1 Å². The smallest absolute Gasteiger partial charge is 0.138 e. The Morgan fingerprint density at radius 1 is 1.06 bits per heavy atom. The fourth-order valence-electron chi connectivity index (χ4n) is 1.40. The Morgan fingerprint density at radius 2 is 1.83 bits per heavy atom. The minimum Gasteiger partial charge on any atom is -0.490 e. The molecule has 3 nitrogen and oxygen atoms in total. The second-order valence-electron chi connectivity index (χ2n) is 3.62. The number of hydrogen-bond acceptors (Lipinski definition) is 3. The molecule has 0 spiro atoms. The van der Waals surface area contributed by atoms with Crippen molar-refractivity contribution in [1.29, 1.82) is 0 Å². The number of nitrogens with one attached hydrogen (secondary N) is 1. The molecule has 5 heteroatoms. The summed E-state index contributed by atoms with van der Waals surface area (Å²) < 4.78 is 7.56. The molecule has 18 heavy (non-hydrogen) atoms. The van der Waals surface area contributed by atoms with Crippen molar-refractivity contribution in [2.24, 2.45) is 0 Å². The largest absolute Gasteiger partial charge is 0.490 e. The van der Waals surface area contributed by atoms with Gasteiger partial charge in [-0.15, -0.1) is 0 Å². The summed E-state index contributed by atoms with van der Waals surface area (Å²) in [4.78, 5) is 4.03. The number of benzene rings is 1. The zero-order valence-electron chi connectivity index (χ0n) is 9.57. The third-order valence-electron chi connectivity index (χ3n) is 2.22. The molecule has 0 fully saturated rings. The zero-order valence-corrected chi connectivity index (χ0v) is 12.7. The minimum atomic E-state index is 0.591. The lowest BCUT2D eigenvalue weighted by Gasteiger charge is -2.08. The van der Waals surface area contributed by atoms with Crippen LogP contribution in [0.1, 0.15) is 0 Å². The van der Waals surface area contributed by atoms with Crippen molar-refractivity contribution >= 4 is 37.5 Å². The Labute approximate surface area is 123 Å². The van der Waals surface area contributed by atoms with Crippen molar-refractivity contribution in [3.05, 3.63) is 51.7 Å². The van der Waals surface area contributed by atoms with Crippen molar-refractivity contribution < 1.29 is 4.74 Å². The quantitative estimate of drug-likeness (QED) is 0.803. The van der Waals surface area contributed by atoms with Gasteiger partial charge >= 0.3 is 0 Å². The minimum absolute atomic E-state index is 0.591. The second kappa shape index (κ2) is 6.75. The molecule has 0 amide bonds. The van der Waals surface area contributed by atoms with Crippen molar-refractivity contribution in [3.8, 4) is 5.75 Å². The number of ether oxygens (including phenoxy) is 1. The average molecular weight is 372 g/mol. The monoisotopic (exact) mass is 370 g/mol. The predicted molar refractivity (Wildman–Crippen MR) is 80.1 cm³/mol. The summed E-state index contributed by atoms with van der Waals surface area (Å²) in [5.74, 6) is 0.766. The van der Waals surface area contributed by atoms with E-state index in [1.165, 1.54) is 0 Å². The molecule has 0 radical (unpaired) electrons. The first kappa shape index (κ1) is 13.4. The number of halogens is 2. The maximum atomic E-state index is 5.57. The van der Waals surface area contributed by atoms with Crippen molar-refractivity contribution in [2.75, 3.05) is 18.5 Å². The fraction of sp³-hybridized carbons (Fsp3) is 0.154. The predicted octanol–water partition coefficient (Wildman–Crippen LogP) is 4.10. The molecule has 2 rings (SSSR count). The van der Waals surface area contributed by atoms with Crippen molar-refractivity contribution in [2.45, 2.75) is 0 Å².